The second-order valence-electron chi connectivity index (χ2n) is 5.84. The van der Waals surface area contributed by atoms with Crippen molar-refractivity contribution < 1.29 is 19.4 Å². The summed E-state index contributed by atoms with van der Waals surface area (Å²) in [5.74, 6) is 0.655. The van der Waals surface area contributed by atoms with Gasteiger partial charge in [0.2, 0.25) is 0 Å². The molecule has 19 heavy (non-hydrogen) atoms. The third kappa shape index (κ3) is 2.99. The zero-order valence-electron chi connectivity index (χ0n) is 11.4. The van der Waals surface area contributed by atoms with Gasteiger partial charge in [-0.2, -0.15) is 0 Å². The van der Waals surface area contributed by atoms with Crippen LogP contribution in [0.2, 0.25) is 0 Å². The van der Waals surface area contributed by atoms with Crippen LogP contribution in [-0.2, 0) is 14.3 Å². The minimum absolute atomic E-state index is 0.0223. The summed E-state index contributed by atoms with van der Waals surface area (Å²) in [6.45, 7) is 5.48. The molecular weight excluding hydrogens is 244 g/mol. The molecule has 0 heterocycles. The Morgan fingerprint density at radius 3 is 2.58 bits per heavy atom. The highest BCUT2D eigenvalue weighted by molar-refractivity contribution is 5.81. The number of hydrogen-bond acceptors (Lipinski definition) is 3. The lowest BCUT2D eigenvalue weighted by Crippen LogP contribution is -2.30. The molecule has 0 aromatic rings. The zero-order valence-corrected chi connectivity index (χ0v) is 11.4. The number of hydrogen-bond donors (Lipinski definition) is 1. The Morgan fingerprint density at radius 1 is 1.37 bits per heavy atom. The third-order valence-corrected chi connectivity index (χ3v) is 4.85. The standard InChI is InChI=1S/C15H22O4/c1-3-9(8-14(16)17)12-6-11-5-10(12)7-13(11)19-15(18)4-2/h4,9-13H,2-3,5-8H2,1H3,(H,16,17). The largest absolute Gasteiger partial charge is 0.481 e. The normalized spacial score (nSPS) is 33.9. The minimum Gasteiger partial charge on any atom is -0.481 e. The molecule has 0 amide bonds. The van der Waals surface area contributed by atoms with Crippen LogP contribution in [0.3, 0.4) is 0 Å². The van der Waals surface area contributed by atoms with Crippen LogP contribution in [0.4, 0.5) is 0 Å². The first kappa shape index (κ1) is 14.1. The highest BCUT2D eigenvalue weighted by Gasteiger charge is 2.49. The number of aliphatic carboxylic acids is 1. The van der Waals surface area contributed by atoms with Gasteiger partial charge in [0.05, 0.1) is 0 Å². The first-order valence-electron chi connectivity index (χ1n) is 7.10. The average molecular weight is 266 g/mol. The van der Waals surface area contributed by atoms with Crippen molar-refractivity contribution in [3.63, 3.8) is 0 Å². The van der Waals surface area contributed by atoms with Crippen molar-refractivity contribution in [3.8, 4) is 0 Å². The Kier molecular flexibility index (Phi) is 4.27. The molecule has 1 N–H and O–H groups in total. The van der Waals surface area contributed by atoms with Crippen LogP contribution >= 0.6 is 0 Å². The molecule has 106 valence electrons. The maximum Gasteiger partial charge on any atom is 0.330 e. The summed E-state index contributed by atoms with van der Waals surface area (Å²) in [5.41, 5.74) is 0. The molecular formula is C15H22O4. The summed E-state index contributed by atoms with van der Waals surface area (Å²) in [6.07, 6.45) is 5.39. The van der Waals surface area contributed by atoms with Gasteiger partial charge in [0.1, 0.15) is 6.10 Å². The van der Waals surface area contributed by atoms with Gasteiger partial charge in [-0.1, -0.05) is 19.9 Å². The molecule has 2 saturated carbocycles. The Hall–Kier alpha value is -1.32. The number of esters is 1. The number of carbonyl (C=O) groups is 2. The van der Waals surface area contributed by atoms with E-state index in [-0.39, 0.29) is 24.4 Å². The van der Waals surface area contributed by atoms with Crippen LogP contribution in [0.25, 0.3) is 0 Å². The monoisotopic (exact) mass is 266 g/mol. The van der Waals surface area contributed by atoms with Gasteiger partial charge in [-0.05, 0) is 42.9 Å². The van der Waals surface area contributed by atoms with E-state index in [1.54, 1.807) is 0 Å². The maximum atomic E-state index is 11.2. The lowest BCUT2D eigenvalue weighted by Gasteiger charge is -2.32. The van der Waals surface area contributed by atoms with E-state index in [1.807, 2.05) is 0 Å². The summed E-state index contributed by atoms with van der Waals surface area (Å²) in [4.78, 5) is 22.1. The van der Waals surface area contributed by atoms with Gasteiger partial charge in [0.25, 0.3) is 0 Å². The van der Waals surface area contributed by atoms with Crippen molar-refractivity contribution in [1.29, 1.82) is 0 Å². The highest BCUT2D eigenvalue weighted by Crippen LogP contribution is 2.53. The molecule has 0 aromatic carbocycles. The third-order valence-electron chi connectivity index (χ3n) is 4.85. The Balaban J connectivity index is 1.92. The molecule has 4 nitrogen and oxygen atoms in total. The van der Waals surface area contributed by atoms with Crippen LogP contribution < -0.4 is 0 Å². The maximum absolute atomic E-state index is 11.2. The fraction of sp³-hybridized carbons (Fsp3) is 0.733. The van der Waals surface area contributed by atoms with Crippen molar-refractivity contribution in [2.75, 3.05) is 0 Å². The predicted octanol–water partition coefficient (Wildman–Crippen LogP) is 2.63. The Labute approximate surface area is 113 Å². The highest BCUT2D eigenvalue weighted by atomic mass is 16.5. The second-order valence-corrected chi connectivity index (χ2v) is 5.84. The van der Waals surface area contributed by atoms with Gasteiger partial charge in [-0.15, -0.1) is 0 Å². The van der Waals surface area contributed by atoms with E-state index in [0.29, 0.717) is 17.8 Å². The quantitative estimate of drug-likeness (QED) is 0.593. The summed E-state index contributed by atoms with van der Waals surface area (Å²) < 4.78 is 5.36. The molecule has 0 saturated heterocycles. The van der Waals surface area contributed by atoms with Crippen molar-refractivity contribution in [2.45, 2.75) is 45.1 Å². The van der Waals surface area contributed by atoms with Gasteiger partial charge in [0, 0.05) is 12.5 Å². The fourth-order valence-electron chi connectivity index (χ4n) is 4.01. The summed E-state index contributed by atoms with van der Waals surface area (Å²) in [7, 11) is 0. The number of fused-ring (bicyclic) bond motifs is 2. The number of rotatable bonds is 6. The summed E-state index contributed by atoms with van der Waals surface area (Å²) in [5, 5.41) is 8.97. The molecule has 2 rings (SSSR count). The zero-order chi connectivity index (χ0) is 14.0. The molecule has 5 unspecified atom stereocenters. The second kappa shape index (κ2) is 5.76. The lowest BCUT2D eigenvalue weighted by atomic mass is 9.76. The lowest BCUT2D eigenvalue weighted by molar-refractivity contribution is -0.146. The SMILES string of the molecule is C=CC(=O)OC1CC2CC1CC2C(CC)CC(=O)O. The van der Waals surface area contributed by atoms with Gasteiger partial charge in [-0.25, -0.2) is 4.79 Å². The van der Waals surface area contributed by atoms with Crippen LogP contribution in [0.15, 0.2) is 12.7 Å². The molecule has 0 radical (unpaired) electrons. The van der Waals surface area contributed by atoms with Gasteiger partial charge in [0.15, 0.2) is 0 Å². The summed E-state index contributed by atoms with van der Waals surface area (Å²) >= 11 is 0. The van der Waals surface area contributed by atoms with Crippen molar-refractivity contribution in [1.82, 2.24) is 0 Å². The molecule has 0 aliphatic heterocycles. The van der Waals surface area contributed by atoms with Crippen LogP contribution in [0, 0.1) is 23.7 Å². The van der Waals surface area contributed by atoms with Gasteiger partial charge >= 0.3 is 11.9 Å². The molecule has 0 spiro atoms. The molecule has 2 fully saturated rings. The van der Waals surface area contributed by atoms with E-state index >= 15 is 0 Å². The molecule has 2 bridgehead atoms. The van der Waals surface area contributed by atoms with E-state index in [0.717, 1.165) is 25.7 Å². The van der Waals surface area contributed by atoms with E-state index < -0.39 is 5.97 Å². The fourth-order valence-corrected chi connectivity index (χ4v) is 4.01. The van der Waals surface area contributed by atoms with E-state index in [9.17, 15) is 9.59 Å². The number of ether oxygens (including phenoxy) is 1. The molecule has 5 atom stereocenters. The van der Waals surface area contributed by atoms with Crippen LogP contribution in [0.1, 0.15) is 39.0 Å². The first-order valence-corrected chi connectivity index (χ1v) is 7.10. The summed E-state index contributed by atoms with van der Waals surface area (Å²) in [6, 6.07) is 0. The Bertz CT molecular complexity index is 376. The number of carboxylic acids is 1. The predicted molar refractivity (Wildman–Crippen MR) is 70.4 cm³/mol. The minimum atomic E-state index is -0.704. The van der Waals surface area contributed by atoms with E-state index in [2.05, 4.69) is 13.5 Å². The van der Waals surface area contributed by atoms with Gasteiger partial charge in [-0.3, -0.25) is 4.79 Å². The van der Waals surface area contributed by atoms with Gasteiger partial charge < -0.3 is 9.84 Å². The molecule has 2 aliphatic rings. The average Bonchev–Trinajstić information content (AvgIpc) is 2.95. The van der Waals surface area contributed by atoms with Crippen molar-refractivity contribution in [2.24, 2.45) is 23.7 Å². The van der Waals surface area contributed by atoms with Crippen molar-refractivity contribution in [3.05, 3.63) is 12.7 Å². The molecule has 2 aliphatic carbocycles. The molecule has 0 aromatic heterocycles. The Morgan fingerprint density at radius 2 is 2.11 bits per heavy atom. The first-order chi connectivity index (χ1) is 9.05. The number of carboxylic acid groups (broad SMARTS) is 1. The van der Waals surface area contributed by atoms with E-state index in [4.69, 9.17) is 9.84 Å². The van der Waals surface area contributed by atoms with Crippen LogP contribution in [0.5, 0.6) is 0 Å². The number of carbonyl (C=O) groups excluding carboxylic acids is 1. The molecule has 4 heteroatoms. The van der Waals surface area contributed by atoms with E-state index in [1.165, 1.54) is 6.08 Å². The van der Waals surface area contributed by atoms with Crippen LogP contribution in [-0.4, -0.2) is 23.1 Å². The smallest absolute Gasteiger partial charge is 0.330 e. The topological polar surface area (TPSA) is 63.6 Å². The van der Waals surface area contributed by atoms with Crippen molar-refractivity contribution >= 4 is 11.9 Å².